The summed E-state index contributed by atoms with van der Waals surface area (Å²) in [6.07, 6.45) is 2.24. The third kappa shape index (κ3) is 4.38. The minimum Gasteiger partial charge on any atom is -0.382 e. The Morgan fingerprint density at radius 1 is 1.05 bits per heavy atom. The van der Waals surface area contributed by atoms with Gasteiger partial charge in [-0.3, -0.25) is 0 Å². The SMILES string of the molecule is Cc1cccc(CCC(C)Nc2cc(C)ccc2Br)c1. The zero-order valence-electron chi connectivity index (χ0n) is 12.4. The Hall–Kier alpha value is -1.28. The van der Waals surface area contributed by atoms with Crippen molar-refractivity contribution >= 4 is 21.6 Å². The van der Waals surface area contributed by atoms with Crippen molar-refractivity contribution in [3.63, 3.8) is 0 Å². The van der Waals surface area contributed by atoms with Gasteiger partial charge in [0.2, 0.25) is 0 Å². The molecule has 1 unspecified atom stereocenters. The smallest absolute Gasteiger partial charge is 0.0489 e. The molecule has 0 aliphatic heterocycles. The van der Waals surface area contributed by atoms with Crippen LogP contribution in [0, 0.1) is 13.8 Å². The highest BCUT2D eigenvalue weighted by molar-refractivity contribution is 9.10. The number of halogens is 1. The number of hydrogen-bond donors (Lipinski definition) is 1. The summed E-state index contributed by atoms with van der Waals surface area (Å²) in [5.74, 6) is 0. The van der Waals surface area contributed by atoms with E-state index in [9.17, 15) is 0 Å². The van der Waals surface area contributed by atoms with E-state index in [-0.39, 0.29) is 0 Å². The Bertz CT molecular complexity index is 577. The number of rotatable bonds is 5. The molecule has 106 valence electrons. The van der Waals surface area contributed by atoms with E-state index in [4.69, 9.17) is 0 Å². The molecular weight excluding hydrogens is 310 g/mol. The molecule has 1 atom stereocenters. The van der Waals surface area contributed by atoms with Crippen molar-refractivity contribution in [2.24, 2.45) is 0 Å². The summed E-state index contributed by atoms with van der Waals surface area (Å²) >= 11 is 3.60. The fourth-order valence-electron chi connectivity index (χ4n) is 2.34. The highest BCUT2D eigenvalue weighted by atomic mass is 79.9. The van der Waals surface area contributed by atoms with Crippen LogP contribution in [0.3, 0.4) is 0 Å². The van der Waals surface area contributed by atoms with E-state index in [2.05, 4.69) is 84.5 Å². The van der Waals surface area contributed by atoms with Gasteiger partial charge in [0.1, 0.15) is 0 Å². The lowest BCUT2D eigenvalue weighted by molar-refractivity contribution is 0.705. The quantitative estimate of drug-likeness (QED) is 0.762. The number of benzene rings is 2. The van der Waals surface area contributed by atoms with Crippen LogP contribution >= 0.6 is 15.9 Å². The largest absolute Gasteiger partial charge is 0.382 e. The van der Waals surface area contributed by atoms with Gasteiger partial charge in [-0.25, -0.2) is 0 Å². The van der Waals surface area contributed by atoms with Crippen LogP contribution < -0.4 is 5.32 Å². The average molecular weight is 332 g/mol. The zero-order chi connectivity index (χ0) is 14.5. The van der Waals surface area contributed by atoms with Crippen LogP contribution in [-0.2, 0) is 6.42 Å². The monoisotopic (exact) mass is 331 g/mol. The molecule has 0 aromatic heterocycles. The van der Waals surface area contributed by atoms with Gasteiger partial charge in [-0.2, -0.15) is 0 Å². The van der Waals surface area contributed by atoms with Crippen molar-refractivity contribution in [1.82, 2.24) is 0 Å². The molecule has 0 aliphatic carbocycles. The van der Waals surface area contributed by atoms with Gasteiger partial charge in [-0.15, -0.1) is 0 Å². The molecule has 0 heterocycles. The van der Waals surface area contributed by atoms with E-state index < -0.39 is 0 Å². The summed E-state index contributed by atoms with van der Waals surface area (Å²) in [4.78, 5) is 0. The van der Waals surface area contributed by atoms with E-state index in [1.54, 1.807) is 0 Å². The maximum atomic E-state index is 3.60. The molecule has 0 saturated carbocycles. The second-order valence-corrected chi connectivity index (χ2v) is 6.41. The summed E-state index contributed by atoms with van der Waals surface area (Å²) in [7, 11) is 0. The van der Waals surface area contributed by atoms with Crippen molar-refractivity contribution in [2.45, 2.75) is 39.7 Å². The van der Waals surface area contributed by atoms with Crippen LogP contribution in [0.15, 0.2) is 46.9 Å². The fourth-order valence-corrected chi connectivity index (χ4v) is 2.70. The summed E-state index contributed by atoms with van der Waals surface area (Å²) in [5, 5.41) is 3.59. The molecule has 1 N–H and O–H groups in total. The van der Waals surface area contributed by atoms with Crippen LogP contribution in [-0.4, -0.2) is 6.04 Å². The summed E-state index contributed by atoms with van der Waals surface area (Å²) in [6.45, 7) is 6.51. The molecule has 2 aromatic rings. The minimum atomic E-state index is 0.452. The fraction of sp³-hybridized carbons (Fsp3) is 0.333. The number of aryl methyl sites for hydroxylation is 3. The molecular formula is C18H22BrN. The van der Waals surface area contributed by atoms with Gasteiger partial charge in [0.05, 0.1) is 0 Å². The highest BCUT2D eigenvalue weighted by Crippen LogP contribution is 2.24. The molecule has 0 saturated heterocycles. The van der Waals surface area contributed by atoms with Crippen LogP contribution in [0.1, 0.15) is 30.0 Å². The van der Waals surface area contributed by atoms with Crippen molar-refractivity contribution < 1.29 is 0 Å². The highest BCUT2D eigenvalue weighted by Gasteiger charge is 2.06. The number of anilines is 1. The average Bonchev–Trinajstić information content (AvgIpc) is 2.41. The molecule has 20 heavy (non-hydrogen) atoms. The van der Waals surface area contributed by atoms with Crippen LogP contribution in [0.4, 0.5) is 5.69 Å². The van der Waals surface area contributed by atoms with Crippen LogP contribution in [0.5, 0.6) is 0 Å². The lowest BCUT2D eigenvalue weighted by Gasteiger charge is -2.17. The first-order valence-electron chi connectivity index (χ1n) is 7.13. The van der Waals surface area contributed by atoms with Gasteiger partial charge in [0.25, 0.3) is 0 Å². The van der Waals surface area contributed by atoms with E-state index >= 15 is 0 Å². The van der Waals surface area contributed by atoms with Crippen LogP contribution in [0.25, 0.3) is 0 Å². The Balaban J connectivity index is 1.92. The Morgan fingerprint density at radius 2 is 1.80 bits per heavy atom. The van der Waals surface area contributed by atoms with Crippen molar-refractivity contribution in [1.29, 1.82) is 0 Å². The maximum absolute atomic E-state index is 3.60. The lowest BCUT2D eigenvalue weighted by Crippen LogP contribution is -2.16. The summed E-state index contributed by atoms with van der Waals surface area (Å²) in [5.41, 5.74) is 5.22. The molecule has 0 spiro atoms. The summed E-state index contributed by atoms with van der Waals surface area (Å²) in [6, 6.07) is 15.6. The van der Waals surface area contributed by atoms with Gasteiger partial charge >= 0.3 is 0 Å². The third-order valence-electron chi connectivity index (χ3n) is 3.47. The molecule has 0 fully saturated rings. The number of nitrogens with one attached hydrogen (secondary N) is 1. The number of hydrogen-bond acceptors (Lipinski definition) is 1. The van der Waals surface area contributed by atoms with E-state index in [1.165, 1.54) is 22.4 Å². The van der Waals surface area contributed by atoms with Gasteiger partial charge in [0.15, 0.2) is 0 Å². The maximum Gasteiger partial charge on any atom is 0.0489 e. The standard InChI is InChI=1S/C18H22BrN/c1-13-5-4-6-16(11-13)9-8-15(3)20-18-12-14(2)7-10-17(18)19/h4-7,10-12,15,20H,8-9H2,1-3H3. The molecule has 0 amide bonds. The predicted octanol–water partition coefficient (Wildman–Crippen LogP) is 5.50. The molecule has 2 heteroatoms. The van der Waals surface area contributed by atoms with Gasteiger partial charge < -0.3 is 5.32 Å². The van der Waals surface area contributed by atoms with Crippen molar-refractivity contribution in [3.05, 3.63) is 63.6 Å². The van der Waals surface area contributed by atoms with Gasteiger partial charge in [0, 0.05) is 16.2 Å². The van der Waals surface area contributed by atoms with E-state index in [1.807, 2.05) is 0 Å². The second-order valence-electron chi connectivity index (χ2n) is 5.56. The molecule has 2 aromatic carbocycles. The van der Waals surface area contributed by atoms with E-state index in [0.29, 0.717) is 6.04 Å². The van der Waals surface area contributed by atoms with Crippen molar-refractivity contribution in [2.75, 3.05) is 5.32 Å². The van der Waals surface area contributed by atoms with Gasteiger partial charge in [-0.05, 0) is 72.8 Å². The zero-order valence-corrected chi connectivity index (χ0v) is 14.0. The topological polar surface area (TPSA) is 12.0 Å². The Labute approximate surface area is 130 Å². The Morgan fingerprint density at radius 3 is 2.55 bits per heavy atom. The lowest BCUT2D eigenvalue weighted by atomic mass is 10.0. The molecule has 0 bridgehead atoms. The molecule has 2 rings (SSSR count). The minimum absolute atomic E-state index is 0.452. The van der Waals surface area contributed by atoms with E-state index in [0.717, 1.165) is 17.3 Å². The van der Waals surface area contributed by atoms with Crippen molar-refractivity contribution in [3.8, 4) is 0 Å². The Kier molecular flexibility index (Phi) is 5.24. The predicted molar refractivity (Wildman–Crippen MR) is 91.5 cm³/mol. The normalized spacial score (nSPS) is 12.2. The molecule has 1 nitrogen and oxygen atoms in total. The van der Waals surface area contributed by atoms with Crippen LogP contribution in [0.2, 0.25) is 0 Å². The third-order valence-corrected chi connectivity index (χ3v) is 4.16. The first-order chi connectivity index (χ1) is 9.54. The first-order valence-corrected chi connectivity index (χ1v) is 7.92. The second kappa shape index (κ2) is 6.94. The first kappa shape index (κ1) is 15.1. The summed E-state index contributed by atoms with van der Waals surface area (Å²) < 4.78 is 1.13. The molecule has 0 radical (unpaired) electrons. The molecule has 0 aliphatic rings. The van der Waals surface area contributed by atoms with Gasteiger partial charge in [-0.1, -0.05) is 35.9 Å².